The second kappa shape index (κ2) is 12.6. The normalized spacial score (nSPS) is 12.2. The summed E-state index contributed by atoms with van der Waals surface area (Å²) in [4.78, 5) is 35.3. The molecule has 0 aliphatic carbocycles. The van der Waals surface area contributed by atoms with E-state index in [1.807, 2.05) is 0 Å². The molecule has 20 heteroatoms. The third-order valence-corrected chi connectivity index (χ3v) is 12.6. The first-order valence-corrected chi connectivity index (χ1v) is 18.8. The van der Waals surface area contributed by atoms with Gasteiger partial charge in [-0.15, -0.1) is 0 Å². The Morgan fingerprint density at radius 3 is 0.942 bits per heavy atom. The van der Waals surface area contributed by atoms with Crippen LogP contribution >= 0.6 is 139 Å². The van der Waals surface area contributed by atoms with Crippen molar-refractivity contribution in [3.63, 3.8) is 0 Å². The molecule has 0 unspecified atom stereocenters. The highest BCUT2D eigenvalue weighted by atomic mass is 35.5. The fourth-order valence-corrected chi connectivity index (χ4v) is 9.27. The lowest BCUT2D eigenvalue weighted by molar-refractivity contribution is 1.19. The van der Waals surface area contributed by atoms with E-state index >= 15 is 0 Å². The van der Waals surface area contributed by atoms with Crippen molar-refractivity contribution in [1.82, 2.24) is 39.9 Å². The minimum atomic E-state index is 0.0682. The molecule has 7 aromatic rings. The van der Waals surface area contributed by atoms with E-state index in [-0.39, 0.29) is 117 Å². The lowest BCUT2D eigenvalue weighted by atomic mass is 10.1. The summed E-state index contributed by atoms with van der Waals surface area (Å²) in [6, 6.07) is 5.89. The van der Waals surface area contributed by atoms with Gasteiger partial charge in [0.1, 0.15) is 22.6 Å². The molecule has 0 fully saturated rings. The van der Waals surface area contributed by atoms with Crippen LogP contribution in [0.15, 0.2) is 24.3 Å². The van der Waals surface area contributed by atoms with Crippen molar-refractivity contribution in [2.45, 2.75) is 0 Å². The van der Waals surface area contributed by atoms with Crippen LogP contribution in [0.2, 0.25) is 60.3 Å². The number of rotatable bonds is 0. The van der Waals surface area contributed by atoms with Crippen LogP contribution in [0, 0.1) is 0 Å². The molecule has 9 rings (SSSR count). The first-order valence-electron chi connectivity index (χ1n) is 14.3. The lowest BCUT2D eigenvalue weighted by Gasteiger charge is -2.06. The number of hydrogen-bond donors (Lipinski definition) is 2. The van der Waals surface area contributed by atoms with Gasteiger partial charge < -0.3 is 9.97 Å². The van der Waals surface area contributed by atoms with Gasteiger partial charge >= 0.3 is 0 Å². The van der Waals surface area contributed by atoms with Crippen molar-refractivity contribution < 1.29 is 0 Å². The summed E-state index contributed by atoms with van der Waals surface area (Å²) in [5.41, 5.74) is 1.87. The molecule has 5 heterocycles. The molecule has 0 saturated carbocycles. The quantitative estimate of drug-likeness (QED) is 0.147. The largest absolute Gasteiger partial charge is 0.324 e. The molecule has 258 valence electrons. The molecule has 0 spiro atoms. The first kappa shape index (κ1) is 35.4. The Morgan fingerprint density at radius 2 is 0.577 bits per heavy atom. The van der Waals surface area contributed by atoms with Crippen LogP contribution in [0.4, 0.5) is 0 Å². The Balaban J connectivity index is 1.59. The molecule has 52 heavy (non-hydrogen) atoms. The summed E-state index contributed by atoms with van der Waals surface area (Å²) < 4.78 is 0. The van der Waals surface area contributed by atoms with Crippen LogP contribution < -0.4 is 0 Å². The van der Waals surface area contributed by atoms with Gasteiger partial charge in [0.25, 0.3) is 0 Å². The Kier molecular flexibility index (Phi) is 8.60. The minimum absolute atomic E-state index is 0.0682. The zero-order valence-corrected chi connectivity index (χ0v) is 33.6. The van der Waals surface area contributed by atoms with Gasteiger partial charge in [-0.2, -0.15) is 0 Å². The predicted octanol–water partition coefficient (Wildman–Crippen LogP) is 14.7. The van der Waals surface area contributed by atoms with E-state index in [0.29, 0.717) is 32.7 Å². The van der Waals surface area contributed by atoms with E-state index in [0.717, 1.165) is 0 Å². The molecule has 0 saturated heterocycles. The molecule has 0 atom stereocenters. The van der Waals surface area contributed by atoms with Gasteiger partial charge in [-0.25, -0.2) is 29.9 Å². The molecule has 8 nitrogen and oxygen atoms in total. The van der Waals surface area contributed by atoms with Gasteiger partial charge in [0.05, 0.1) is 82.5 Å². The Hall–Kier alpha value is -2.28. The lowest BCUT2D eigenvalue weighted by Crippen LogP contribution is -1.87. The van der Waals surface area contributed by atoms with Crippen molar-refractivity contribution in [3.8, 4) is 45.6 Å². The molecular weight excluding hydrogens is 922 g/mol. The van der Waals surface area contributed by atoms with Crippen LogP contribution in [0.5, 0.6) is 0 Å². The Bertz CT molecular complexity index is 2810. The highest BCUT2D eigenvalue weighted by molar-refractivity contribution is 6.51. The van der Waals surface area contributed by atoms with Crippen molar-refractivity contribution in [1.29, 1.82) is 0 Å². The topological polar surface area (TPSA) is 109 Å². The maximum absolute atomic E-state index is 6.81. The van der Waals surface area contributed by atoms with Crippen molar-refractivity contribution in [3.05, 3.63) is 84.5 Å². The van der Waals surface area contributed by atoms with Crippen molar-refractivity contribution in [2.24, 2.45) is 0 Å². The summed E-state index contributed by atoms with van der Waals surface area (Å²) in [6.07, 6.45) is 0. The molecule has 0 radical (unpaired) electrons. The highest BCUT2D eigenvalue weighted by Gasteiger charge is 2.31. The third-order valence-electron chi connectivity index (χ3n) is 8.30. The highest BCUT2D eigenvalue weighted by Crippen LogP contribution is 2.50. The standard InChI is InChI=1S/C32H6Cl12N8/c33-5-1-9(37)21(41)17-13(5)25-45-29(17)50-26-15-7(35)3-11(39)23(43)19(15)31(47-26)52-28-16-8(36)4-12(40)24(44)20(16)32(48-28)51-27-14-6(34)2-10(38)22(42)18(14)30(46-27)49-25/h1-4H,(H2,45,46,47,48,49,50,51,52). The molecule has 2 N–H and O–H groups in total. The number of benzene rings is 4. The zero-order valence-electron chi connectivity index (χ0n) is 24.5. The summed E-state index contributed by atoms with van der Waals surface area (Å²) in [6.45, 7) is 0. The van der Waals surface area contributed by atoms with E-state index in [1.165, 1.54) is 24.3 Å². The van der Waals surface area contributed by atoms with Crippen molar-refractivity contribution in [2.75, 3.05) is 0 Å². The van der Waals surface area contributed by atoms with Gasteiger partial charge in [0.15, 0.2) is 23.3 Å². The molecule has 4 aromatic carbocycles. The maximum atomic E-state index is 6.81. The fraction of sp³-hybridized carbons (Fsp3) is 0. The number of nitrogens with zero attached hydrogens (tertiary/aromatic N) is 6. The van der Waals surface area contributed by atoms with Crippen LogP contribution in [0.1, 0.15) is 0 Å². The van der Waals surface area contributed by atoms with Crippen LogP contribution in [0.25, 0.3) is 89.7 Å². The monoisotopic (exact) mass is 922 g/mol. The second-order valence-corrected chi connectivity index (χ2v) is 16.0. The van der Waals surface area contributed by atoms with E-state index in [9.17, 15) is 0 Å². The van der Waals surface area contributed by atoms with E-state index in [1.54, 1.807) is 0 Å². The number of halogens is 12. The number of aromatic amines is 2. The van der Waals surface area contributed by atoms with Crippen LogP contribution in [-0.4, -0.2) is 39.9 Å². The fourth-order valence-electron chi connectivity index (χ4n) is 6.13. The molecular formula is C32H6Cl12N8. The number of hydrogen-bond acceptors (Lipinski definition) is 6. The average Bonchev–Trinajstić information content (AvgIpc) is 3.82. The number of nitrogens with one attached hydrogen (secondary N) is 2. The number of aromatic nitrogens is 8. The SMILES string of the molecule is Clc1cc(Cl)c2c(c1Cl)-c1nc-2nc2[nH]c(nc3nc(nc4[nH]c(n1)c1c(Cl)cc(Cl)c(Cl)c41)-c1c(Cl)cc(Cl)c(Cl)c1-3)c1c(Cl)cc(Cl)c(Cl)c21. The molecule has 0 amide bonds. The van der Waals surface area contributed by atoms with E-state index < -0.39 is 0 Å². The second-order valence-electron chi connectivity index (χ2n) is 11.2. The van der Waals surface area contributed by atoms with Crippen LogP contribution in [-0.2, 0) is 0 Å². The van der Waals surface area contributed by atoms with Gasteiger partial charge in [0.2, 0.25) is 0 Å². The van der Waals surface area contributed by atoms with Gasteiger partial charge in [0, 0.05) is 21.5 Å². The maximum Gasteiger partial charge on any atom is 0.166 e. The predicted molar refractivity (Wildman–Crippen MR) is 216 cm³/mol. The van der Waals surface area contributed by atoms with E-state index in [2.05, 4.69) is 9.97 Å². The Morgan fingerprint density at radius 1 is 0.288 bits per heavy atom. The van der Waals surface area contributed by atoms with Gasteiger partial charge in [-0.05, 0) is 24.3 Å². The van der Waals surface area contributed by atoms with Gasteiger partial charge in [-0.1, -0.05) is 139 Å². The van der Waals surface area contributed by atoms with Crippen LogP contribution in [0.3, 0.4) is 0 Å². The summed E-state index contributed by atoms with van der Waals surface area (Å²) in [5, 5.41) is 3.15. The smallest absolute Gasteiger partial charge is 0.166 e. The third kappa shape index (κ3) is 5.19. The summed E-state index contributed by atoms with van der Waals surface area (Å²) >= 11 is 80.5. The first-order chi connectivity index (χ1) is 24.7. The summed E-state index contributed by atoms with van der Waals surface area (Å²) in [5.74, 6) is 0.303. The molecule has 8 bridgehead atoms. The molecule has 2 aliphatic rings. The van der Waals surface area contributed by atoms with Gasteiger partial charge in [-0.3, -0.25) is 0 Å². The zero-order chi connectivity index (χ0) is 36.7. The summed E-state index contributed by atoms with van der Waals surface area (Å²) in [7, 11) is 0. The molecule has 3 aromatic heterocycles. The Labute approximate surface area is 350 Å². The van der Waals surface area contributed by atoms with E-state index in [4.69, 9.17) is 169 Å². The molecule has 2 aliphatic heterocycles. The average molecular weight is 928 g/mol. The minimum Gasteiger partial charge on any atom is -0.324 e. The number of H-pyrrole nitrogens is 2. The van der Waals surface area contributed by atoms with Crippen molar-refractivity contribution >= 4 is 183 Å². The number of fused-ring (bicyclic) bond motifs is 20.